The number of aromatic nitrogens is 3. The van der Waals surface area contributed by atoms with Gasteiger partial charge in [-0.1, -0.05) is 115 Å². The lowest BCUT2D eigenvalue weighted by atomic mass is 9.43. The lowest BCUT2D eigenvalue weighted by molar-refractivity contribution is -0.0397. The molecule has 0 unspecified atom stereocenters. The first-order valence-corrected chi connectivity index (χ1v) is 18.8. The summed E-state index contributed by atoms with van der Waals surface area (Å²) in [7, 11) is 0. The van der Waals surface area contributed by atoms with Crippen LogP contribution in [0.2, 0.25) is 0 Å². The van der Waals surface area contributed by atoms with Gasteiger partial charge in [0.15, 0.2) is 17.5 Å². The van der Waals surface area contributed by atoms with Gasteiger partial charge < -0.3 is 0 Å². The Hall–Kier alpha value is -5.92. The van der Waals surface area contributed by atoms with E-state index >= 15 is 0 Å². The fraction of sp³-hybridized carbons (Fsp3) is 0.208. The van der Waals surface area contributed by atoms with E-state index < -0.39 is 0 Å². The van der Waals surface area contributed by atoms with E-state index in [4.69, 9.17) is 15.0 Å². The van der Waals surface area contributed by atoms with Crippen LogP contribution in [0.25, 0.3) is 67.2 Å². The fourth-order valence-electron chi connectivity index (χ4n) is 11.0. The number of hydrogen-bond donors (Lipinski definition) is 0. The molecule has 1 aromatic heterocycles. The predicted octanol–water partition coefficient (Wildman–Crippen LogP) is 11.3. The predicted molar refractivity (Wildman–Crippen MR) is 207 cm³/mol. The van der Waals surface area contributed by atoms with Gasteiger partial charge in [-0.2, -0.15) is 5.26 Å². The van der Waals surface area contributed by atoms with Crippen molar-refractivity contribution in [3.05, 3.63) is 150 Å². The Balaban J connectivity index is 1.14. The van der Waals surface area contributed by atoms with Gasteiger partial charge in [-0.3, -0.25) is 0 Å². The van der Waals surface area contributed by atoms with Crippen LogP contribution in [0.5, 0.6) is 0 Å². The number of fused-ring (bicyclic) bond motifs is 4. The number of nitrogens with zero attached hydrogens (tertiary/aromatic N) is 4. The molecular formula is C48H36N4. The normalized spacial score (nSPS) is 23.4. The van der Waals surface area contributed by atoms with E-state index in [1.165, 1.54) is 65.3 Å². The van der Waals surface area contributed by atoms with Crippen molar-refractivity contribution in [1.29, 1.82) is 5.26 Å². The maximum atomic E-state index is 10.1. The summed E-state index contributed by atoms with van der Waals surface area (Å²) < 4.78 is 0. The fourth-order valence-corrected chi connectivity index (χ4v) is 11.0. The van der Waals surface area contributed by atoms with Crippen molar-refractivity contribution in [2.45, 2.75) is 37.5 Å². The SMILES string of the molecule is N#Cc1ccc2c(c1)C1(c3c(-c4nc(-c5ccc(-c6ccccc6)cc5)nc(-c5ccc6ccccc6c5)n4)cccc3-2)C2CC3CC(C2)CC1C3. The van der Waals surface area contributed by atoms with E-state index in [1.807, 2.05) is 12.1 Å². The highest BCUT2D eigenvalue weighted by Crippen LogP contribution is 2.70. The second kappa shape index (κ2) is 11.3. The van der Waals surface area contributed by atoms with E-state index in [9.17, 15) is 5.26 Å². The molecule has 4 saturated carbocycles. The molecule has 4 fully saturated rings. The summed E-state index contributed by atoms with van der Waals surface area (Å²) in [5.74, 6) is 4.79. The third-order valence-electron chi connectivity index (χ3n) is 12.9. The zero-order valence-electron chi connectivity index (χ0n) is 28.8. The molecule has 52 heavy (non-hydrogen) atoms. The molecule has 1 spiro atoms. The molecule has 5 aliphatic rings. The van der Waals surface area contributed by atoms with Crippen LogP contribution < -0.4 is 0 Å². The molecule has 0 N–H and O–H groups in total. The molecule has 0 amide bonds. The van der Waals surface area contributed by atoms with Crippen LogP contribution in [0.4, 0.5) is 0 Å². The molecule has 0 aliphatic heterocycles. The highest BCUT2D eigenvalue weighted by atomic mass is 15.0. The third-order valence-corrected chi connectivity index (χ3v) is 12.9. The average molecular weight is 669 g/mol. The van der Waals surface area contributed by atoms with Crippen LogP contribution in [0, 0.1) is 35.0 Å². The minimum absolute atomic E-state index is 0.144. The van der Waals surface area contributed by atoms with Crippen LogP contribution in [-0.2, 0) is 5.41 Å². The number of benzene rings is 6. The monoisotopic (exact) mass is 668 g/mol. The zero-order valence-corrected chi connectivity index (χ0v) is 28.8. The largest absolute Gasteiger partial charge is 0.208 e. The lowest BCUT2D eigenvalue weighted by Crippen LogP contribution is -2.55. The summed E-state index contributed by atoms with van der Waals surface area (Å²) in [6.07, 6.45) is 6.42. The molecule has 4 nitrogen and oxygen atoms in total. The summed E-state index contributed by atoms with van der Waals surface area (Å²) in [5.41, 5.74) is 11.3. The maximum absolute atomic E-state index is 10.1. The summed E-state index contributed by atoms with van der Waals surface area (Å²) >= 11 is 0. The Morgan fingerprint density at radius 2 is 1.10 bits per heavy atom. The van der Waals surface area contributed by atoms with E-state index in [0.717, 1.165) is 50.9 Å². The summed E-state index contributed by atoms with van der Waals surface area (Å²) in [6, 6.07) is 49.7. The lowest BCUT2D eigenvalue weighted by Gasteiger charge is -2.61. The van der Waals surface area contributed by atoms with Gasteiger partial charge in [0.05, 0.1) is 11.6 Å². The molecule has 5 aliphatic carbocycles. The van der Waals surface area contributed by atoms with Crippen LogP contribution in [0.1, 0.15) is 48.8 Å². The van der Waals surface area contributed by atoms with Gasteiger partial charge in [-0.25, -0.2) is 15.0 Å². The van der Waals surface area contributed by atoms with E-state index in [-0.39, 0.29) is 5.41 Å². The van der Waals surface area contributed by atoms with Crippen LogP contribution in [0.15, 0.2) is 133 Å². The summed E-state index contributed by atoms with van der Waals surface area (Å²) in [5, 5.41) is 12.5. The molecule has 12 rings (SSSR count). The molecule has 4 bridgehead atoms. The number of rotatable bonds is 4. The smallest absolute Gasteiger partial charge is 0.164 e. The standard InChI is InChI=1S/C48H36N4/c49-28-29-13-20-40-41-11-6-12-42(44(41)48(43(40)26-29)38-22-30-21-31(24-38)25-39(48)23-30)47-51-45(35-17-14-34(15-18-35)32-7-2-1-3-8-32)50-46(52-47)37-19-16-33-9-4-5-10-36(33)27-37/h1-20,26-27,30-31,38-39H,21-25H2. The van der Waals surface area contributed by atoms with Crippen molar-refractivity contribution in [3.8, 4) is 62.5 Å². The second-order valence-corrected chi connectivity index (χ2v) is 15.6. The summed E-state index contributed by atoms with van der Waals surface area (Å²) in [4.78, 5) is 15.9. The topological polar surface area (TPSA) is 62.5 Å². The molecule has 0 radical (unpaired) electrons. The molecule has 6 aromatic carbocycles. The molecule has 1 heterocycles. The van der Waals surface area contributed by atoms with Gasteiger partial charge in [0.1, 0.15) is 0 Å². The Kier molecular flexibility index (Phi) is 6.47. The van der Waals surface area contributed by atoms with Crippen LogP contribution in [-0.4, -0.2) is 15.0 Å². The first-order chi connectivity index (χ1) is 25.7. The van der Waals surface area contributed by atoms with Crippen molar-refractivity contribution in [1.82, 2.24) is 15.0 Å². The van der Waals surface area contributed by atoms with Crippen LogP contribution in [0.3, 0.4) is 0 Å². The first-order valence-electron chi connectivity index (χ1n) is 18.8. The quantitative estimate of drug-likeness (QED) is 0.187. The Morgan fingerprint density at radius 3 is 1.85 bits per heavy atom. The first kappa shape index (κ1) is 29.8. The van der Waals surface area contributed by atoms with Crippen molar-refractivity contribution < 1.29 is 0 Å². The minimum atomic E-state index is -0.144. The highest BCUT2D eigenvalue weighted by Gasteiger charge is 2.62. The Labute approximate surface area is 303 Å². The van der Waals surface area contributed by atoms with Gasteiger partial charge in [-0.15, -0.1) is 0 Å². The highest BCUT2D eigenvalue weighted by molar-refractivity contribution is 5.90. The summed E-state index contributed by atoms with van der Waals surface area (Å²) in [6.45, 7) is 0. The Bertz CT molecular complexity index is 2570. The number of hydrogen-bond acceptors (Lipinski definition) is 4. The third kappa shape index (κ3) is 4.35. The van der Waals surface area contributed by atoms with E-state index in [2.05, 4.69) is 127 Å². The van der Waals surface area contributed by atoms with Gasteiger partial charge in [0, 0.05) is 22.1 Å². The molecule has 248 valence electrons. The maximum Gasteiger partial charge on any atom is 0.164 e. The van der Waals surface area contributed by atoms with E-state index in [1.54, 1.807) is 0 Å². The molecule has 7 aromatic rings. The van der Waals surface area contributed by atoms with Crippen molar-refractivity contribution in [2.24, 2.45) is 23.7 Å². The molecule has 0 saturated heterocycles. The van der Waals surface area contributed by atoms with Gasteiger partial charge in [0.25, 0.3) is 0 Å². The zero-order chi connectivity index (χ0) is 34.4. The van der Waals surface area contributed by atoms with Gasteiger partial charge >= 0.3 is 0 Å². The van der Waals surface area contributed by atoms with Crippen LogP contribution >= 0.6 is 0 Å². The van der Waals surface area contributed by atoms with E-state index in [0.29, 0.717) is 23.5 Å². The van der Waals surface area contributed by atoms with Crippen molar-refractivity contribution in [3.63, 3.8) is 0 Å². The molecular weight excluding hydrogens is 633 g/mol. The average Bonchev–Trinajstić information content (AvgIpc) is 3.50. The Morgan fingerprint density at radius 1 is 0.481 bits per heavy atom. The minimum Gasteiger partial charge on any atom is -0.208 e. The van der Waals surface area contributed by atoms with Crippen molar-refractivity contribution in [2.75, 3.05) is 0 Å². The van der Waals surface area contributed by atoms with Gasteiger partial charge in [-0.05, 0) is 118 Å². The second-order valence-electron chi connectivity index (χ2n) is 15.6. The van der Waals surface area contributed by atoms with Gasteiger partial charge in [0.2, 0.25) is 0 Å². The molecule has 4 heteroatoms. The molecule has 0 atom stereocenters. The van der Waals surface area contributed by atoms with Crippen molar-refractivity contribution >= 4 is 10.8 Å². The number of nitriles is 1.